The van der Waals surface area contributed by atoms with E-state index in [2.05, 4.69) is 26.6 Å². The van der Waals surface area contributed by atoms with E-state index in [0.29, 0.717) is 12.6 Å². The lowest BCUT2D eigenvalue weighted by Crippen LogP contribution is -2.62. The smallest absolute Gasteiger partial charge is 0.234 e. The van der Waals surface area contributed by atoms with E-state index >= 15 is 0 Å². The van der Waals surface area contributed by atoms with Crippen molar-refractivity contribution in [1.82, 2.24) is 20.5 Å². The maximum absolute atomic E-state index is 11.4. The first kappa shape index (κ1) is 10.7. The molecule has 3 heterocycles. The molecule has 1 amide bonds. The van der Waals surface area contributed by atoms with E-state index in [-0.39, 0.29) is 11.9 Å². The maximum Gasteiger partial charge on any atom is 0.234 e. The van der Waals surface area contributed by atoms with Gasteiger partial charge in [0.05, 0.1) is 6.54 Å². The Bertz CT molecular complexity index is 408. The molecule has 5 heteroatoms. The molecular formula is C12H16N4O. The minimum atomic E-state index is 0.132. The Morgan fingerprint density at radius 1 is 1.41 bits per heavy atom. The zero-order chi connectivity index (χ0) is 11.7. The lowest BCUT2D eigenvalue weighted by Gasteiger charge is -2.42. The van der Waals surface area contributed by atoms with Crippen molar-refractivity contribution in [2.24, 2.45) is 0 Å². The van der Waals surface area contributed by atoms with Gasteiger partial charge in [0.2, 0.25) is 5.91 Å². The largest absolute Gasteiger partial charge is 0.353 e. The fourth-order valence-electron chi connectivity index (χ4n) is 2.53. The summed E-state index contributed by atoms with van der Waals surface area (Å²) in [6, 6.07) is 4.74. The van der Waals surface area contributed by atoms with Crippen LogP contribution in [0, 0.1) is 0 Å². The molecular weight excluding hydrogens is 216 g/mol. The number of amides is 1. The Labute approximate surface area is 100 Å². The van der Waals surface area contributed by atoms with E-state index in [4.69, 9.17) is 0 Å². The number of hydrogen-bond donors (Lipinski definition) is 2. The van der Waals surface area contributed by atoms with Gasteiger partial charge in [-0.05, 0) is 11.6 Å². The number of hydrogen-bond acceptors (Lipinski definition) is 4. The minimum Gasteiger partial charge on any atom is -0.353 e. The molecule has 2 atom stereocenters. The molecule has 2 unspecified atom stereocenters. The summed E-state index contributed by atoms with van der Waals surface area (Å²) in [6.45, 7) is 3.07. The molecule has 1 aromatic heterocycles. The van der Waals surface area contributed by atoms with E-state index in [1.807, 2.05) is 12.3 Å². The molecule has 3 rings (SSSR count). The van der Waals surface area contributed by atoms with Crippen LogP contribution in [0.1, 0.15) is 11.6 Å². The first-order chi connectivity index (χ1) is 8.33. The summed E-state index contributed by atoms with van der Waals surface area (Å²) in [5.74, 6) is 0.132. The monoisotopic (exact) mass is 232 g/mol. The molecule has 0 bridgehead atoms. The average Bonchev–Trinajstić information content (AvgIpc) is 2.39. The Morgan fingerprint density at radius 2 is 2.35 bits per heavy atom. The lowest BCUT2D eigenvalue weighted by atomic mass is 10.0. The van der Waals surface area contributed by atoms with Crippen LogP contribution in [-0.2, 0) is 4.79 Å². The fourth-order valence-corrected chi connectivity index (χ4v) is 2.53. The summed E-state index contributed by atoms with van der Waals surface area (Å²) < 4.78 is 0. The standard InChI is InChI=1S/C12H16N4O/c17-12-8-16-7-11(9-2-1-3-13-4-9)14-5-10(16)6-15-12/h1-4,10-11,14H,5-8H2,(H,15,17). The Hall–Kier alpha value is -1.46. The van der Waals surface area contributed by atoms with Crippen LogP contribution in [0.5, 0.6) is 0 Å². The lowest BCUT2D eigenvalue weighted by molar-refractivity contribution is -0.126. The molecule has 2 aliphatic heterocycles. The van der Waals surface area contributed by atoms with E-state index in [1.165, 1.54) is 5.56 Å². The van der Waals surface area contributed by atoms with Gasteiger partial charge in [0.1, 0.15) is 0 Å². The Balaban J connectivity index is 1.72. The normalized spacial score (nSPS) is 29.5. The molecule has 17 heavy (non-hydrogen) atoms. The summed E-state index contributed by atoms with van der Waals surface area (Å²) in [6.07, 6.45) is 3.67. The highest BCUT2D eigenvalue weighted by Gasteiger charge is 2.32. The molecule has 5 nitrogen and oxygen atoms in total. The van der Waals surface area contributed by atoms with Crippen molar-refractivity contribution >= 4 is 5.91 Å². The molecule has 2 fully saturated rings. The predicted octanol–water partition coefficient (Wildman–Crippen LogP) is -0.474. The van der Waals surface area contributed by atoms with Gasteiger partial charge in [-0.15, -0.1) is 0 Å². The molecule has 2 N–H and O–H groups in total. The van der Waals surface area contributed by atoms with Crippen molar-refractivity contribution in [3.05, 3.63) is 30.1 Å². The number of nitrogens with one attached hydrogen (secondary N) is 2. The summed E-state index contributed by atoms with van der Waals surface area (Å²) in [4.78, 5) is 17.8. The number of pyridine rings is 1. The summed E-state index contributed by atoms with van der Waals surface area (Å²) in [7, 11) is 0. The second-order valence-corrected chi connectivity index (χ2v) is 4.63. The molecule has 1 aromatic rings. The third-order valence-corrected chi connectivity index (χ3v) is 3.50. The number of carbonyl (C=O) groups is 1. The first-order valence-corrected chi connectivity index (χ1v) is 5.97. The van der Waals surface area contributed by atoms with E-state index < -0.39 is 0 Å². The predicted molar refractivity (Wildman–Crippen MR) is 63.4 cm³/mol. The van der Waals surface area contributed by atoms with Gasteiger partial charge in [0, 0.05) is 44.1 Å². The highest BCUT2D eigenvalue weighted by atomic mass is 16.2. The highest BCUT2D eigenvalue weighted by Crippen LogP contribution is 2.19. The number of fused-ring (bicyclic) bond motifs is 1. The van der Waals surface area contributed by atoms with E-state index in [9.17, 15) is 4.79 Å². The van der Waals surface area contributed by atoms with Crippen LogP contribution < -0.4 is 10.6 Å². The summed E-state index contributed by atoms with van der Waals surface area (Å²) in [5.41, 5.74) is 1.19. The van der Waals surface area contributed by atoms with Gasteiger partial charge in [0.25, 0.3) is 0 Å². The second-order valence-electron chi connectivity index (χ2n) is 4.63. The van der Waals surface area contributed by atoms with Crippen LogP contribution in [0.4, 0.5) is 0 Å². The summed E-state index contributed by atoms with van der Waals surface area (Å²) in [5, 5.41) is 6.42. The van der Waals surface area contributed by atoms with Gasteiger partial charge < -0.3 is 10.6 Å². The van der Waals surface area contributed by atoms with E-state index in [0.717, 1.165) is 19.6 Å². The zero-order valence-electron chi connectivity index (χ0n) is 9.60. The van der Waals surface area contributed by atoms with Gasteiger partial charge in [-0.2, -0.15) is 0 Å². The van der Waals surface area contributed by atoms with Gasteiger partial charge in [0.15, 0.2) is 0 Å². The molecule has 0 saturated carbocycles. The molecule has 90 valence electrons. The van der Waals surface area contributed by atoms with Crippen LogP contribution in [0.25, 0.3) is 0 Å². The second kappa shape index (κ2) is 4.43. The average molecular weight is 232 g/mol. The minimum absolute atomic E-state index is 0.132. The van der Waals surface area contributed by atoms with Crippen molar-refractivity contribution < 1.29 is 4.79 Å². The highest BCUT2D eigenvalue weighted by molar-refractivity contribution is 5.78. The third kappa shape index (κ3) is 2.16. The van der Waals surface area contributed by atoms with Crippen molar-refractivity contribution in [2.45, 2.75) is 12.1 Å². The number of piperazine rings is 2. The van der Waals surface area contributed by atoms with Crippen LogP contribution in [-0.4, -0.2) is 48.0 Å². The maximum atomic E-state index is 11.4. The van der Waals surface area contributed by atoms with Crippen LogP contribution in [0.3, 0.4) is 0 Å². The van der Waals surface area contributed by atoms with Crippen molar-refractivity contribution in [3.63, 3.8) is 0 Å². The quantitative estimate of drug-likeness (QED) is 0.687. The Kier molecular flexibility index (Phi) is 2.78. The molecule has 0 aliphatic carbocycles. The van der Waals surface area contributed by atoms with Gasteiger partial charge in [-0.1, -0.05) is 6.07 Å². The molecule has 0 spiro atoms. The number of rotatable bonds is 1. The number of nitrogens with zero attached hydrogens (tertiary/aromatic N) is 2. The zero-order valence-corrected chi connectivity index (χ0v) is 9.60. The van der Waals surface area contributed by atoms with E-state index in [1.54, 1.807) is 6.20 Å². The van der Waals surface area contributed by atoms with Gasteiger partial charge >= 0.3 is 0 Å². The molecule has 2 aliphatic rings. The Morgan fingerprint density at radius 3 is 3.18 bits per heavy atom. The van der Waals surface area contributed by atoms with Crippen molar-refractivity contribution in [1.29, 1.82) is 0 Å². The SMILES string of the molecule is O=C1CN2CC(c3cccnc3)NCC2CN1. The van der Waals surface area contributed by atoms with Crippen LogP contribution in [0.15, 0.2) is 24.5 Å². The van der Waals surface area contributed by atoms with Crippen LogP contribution in [0.2, 0.25) is 0 Å². The molecule has 0 aromatic carbocycles. The summed E-state index contributed by atoms with van der Waals surface area (Å²) >= 11 is 0. The van der Waals surface area contributed by atoms with Crippen LogP contribution >= 0.6 is 0 Å². The topological polar surface area (TPSA) is 57.3 Å². The molecule has 0 radical (unpaired) electrons. The van der Waals surface area contributed by atoms with Gasteiger partial charge in [-0.3, -0.25) is 14.7 Å². The first-order valence-electron chi connectivity index (χ1n) is 5.97. The molecule has 2 saturated heterocycles. The third-order valence-electron chi connectivity index (χ3n) is 3.50. The van der Waals surface area contributed by atoms with Crippen molar-refractivity contribution in [2.75, 3.05) is 26.2 Å². The number of aromatic nitrogens is 1. The van der Waals surface area contributed by atoms with Gasteiger partial charge in [-0.25, -0.2) is 0 Å². The van der Waals surface area contributed by atoms with Crippen molar-refractivity contribution in [3.8, 4) is 0 Å². The number of carbonyl (C=O) groups excluding carboxylic acids is 1. The fraction of sp³-hybridized carbons (Fsp3) is 0.500.